The lowest BCUT2D eigenvalue weighted by molar-refractivity contribution is -0.148. The summed E-state index contributed by atoms with van der Waals surface area (Å²) in [7, 11) is 0. The second-order valence-electron chi connectivity index (χ2n) is 18.5. The fourth-order valence-corrected chi connectivity index (χ4v) is 12.3. The molecule has 8 bridgehead atoms. The quantitative estimate of drug-likeness (QED) is 0.0458. The molecule has 4 amide bonds. The van der Waals surface area contributed by atoms with E-state index in [0.717, 1.165) is 38.5 Å². The minimum Gasteiger partial charge on any atom is -0.480 e. The number of hydrogen-bond acceptors (Lipinski definition) is 7. The van der Waals surface area contributed by atoms with Crippen molar-refractivity contribution in [2.24, 2.45) is 79.3 Å². The van der Waals surface area contributed by atoms with E-state index in [1.165, 1.54) is 38.5 Å². The highest BCUT2D eigenvalue weighted by Crippen LogP contribution is 2.61. The van der Waals surface area contributed by atoms with Crippen molar-refractivity contribution in [1.29, 1.82) is 0 Å². The van der Waals surface area contributed by atoms with Crippen LogP contribution in [0.5, 0.6) is 0 Å². The maximum atomic E-state index is 14.2. The van der Waals surface area contributed by atoms with Gasteiger partial charge in [-0.05, 0) is 158 Å². The molecule has 0 unspecified atom stereocenters. The van der Waals surface area contributed by atoms with Crippen molar-refractivity contribution in [2.45, 2.75) is 140 Å². The first-order chi connectivity index (χ1) is 26.7. The van der Waals surface area contributed by atoms with Gasteiger partial charge < -0.3 is 49.3 Å². The molecular formula is C40H66N10O6. The lowest BCUT2D eigenvalue weighted by Crippen LogP contribution is -2.59. The second-order valence-corrected chi connectivity index (χ2v) is 18.5. The summed E-state index contributed by atoms with van der Waals surface area (Å²) in [6, 6.07) is -3.28. The minimum atomic E-state index is -1.24. The number of unbranched alkanes of at least 4 members (excludes halogenated alkanes) is 1. The predicted molar refractivity (Wildman–Crippen MR) is 211 cm³/mol. The van der Waals surface area contributed by atoms with Crippen LogP contribution in [-0.4, -0.2) is 84.4 Å². The Hall–Kier alpha value is -4.11. The number of aliphatic carboxylic acids is 1. The van der Waals surface area contributed by atoms with Gasteiger partial charge in [-0.2, -0.15) is 0 Å². The molecule has 16 nitrogen and oxygen atoms in total. The van der Waals surface area contributed by atoms with E-state index >= 15 is 0 Å². The molecule has 0 saturated heterocycles. The molecule has 0 radical (unpaired) electrons. The van der Waals surface area contributed by atoms with E-state index in [1.807, 2.05) is 0 Å². The van der Waals surface area contributed by atoms with Crippen LogP contribution in [0.2, 0.25) is 0 Å². The Labute approximate surface area is 330 Å². The first-order valence-corrected chi connectivity index (χ1v) is 21.3. The first-order valence-electron chi connectivity index (χ1n) is 21.3. The maximum Gasteiger partial charge on any atom is 0.326 e. The molecule has 8 aliphatic carbocycles. The summed E-state index contributed by atoms with van der Waals surface area (Å²) in [4.78, 5) is 75.6. The zero-order chi connectivity index (χ0) is 40.0. The van der Waals surface area contributed by atoms with Crippen LogP contribution in [0.1, 0.15) is 122 Å². The molecule has 0 aromatic carbocycles. The number of carbonyl (C=O) groups excluding carboxylic acids is 4. The summed E-state index contributed by atoms with van der Waals surface area (Å²) >= 11 is 0. The SMILES string of the molecule is NC(N)=NCCC[C@@H](NC(=O)[C@@H](CCCN=C(N)N)NC(=O)[C@H](CCCCNC(=O)C12CC3CC(CC(C3)C1)C2)NC(=O)C12CC3CC(CC(C3)C1)C2)C(=O)O. The highest BCUT2D eigenvalue weighted by molar-refractivity contribution is 5.94. The second kappa shape index (κ2) is 18.0. The number of amides is 4. The molecule has 8 fully saturated rings. The summed E-state index contributed by atoms with van der Waals surface area (Å²) in [5.41, 5.74) is 21.0. The van der Waals surface area contributed by atoms with Crippen molar-refractivity contribution in [3.8, 4) is 0 Å². The topological polar surface area (TPSA) is 282 Å². The number of carboxylic acid groups (broad SMARTS) is 1. The van der Waals surface area contributed by atoms with E-state index in [2.05, 4.69) is 31.3 Å². The summed E-state index contributed by atoms with van der Waals surface area (Å²) in [6.07, 6.45) is 15.2. The van der Waals surface area contributed by atoms with Crippen LogP contribution in [0, 0.1) is 46.3 Å². The number of nitrogens with two attached hydrogens (primary N) is 4. The van der Waals surface area contributed by atoms with Crippen LogP contribution in [0.3, 0.4) is 0 Å². The molecule has 0 aromatic rings. The fourth-order valence-electron chi connectivity index (χ4n) is 12.3. The van der Waals surface area contributed by atoms with Crippen LogP contribution >= 0.6 is 0 Å². The molecule has 13 N–H and O–H groups in total. The molecule has 0 aromatic heterocycles. The zero-order valence-electron chi connectivity index (χ0n) is 32.9. The average molecular weight is 783 g/mol. The Morgan fingerprint density at radius 1 is 0.536 bits per heavy atom. The Balaban J connectivity index is 1.10. The Morgan fingerprint density at radius 2 is 0.911 bits per heavy atom. The molecule has 312 valence electrons. The van der Waals surface area contributed by atoms with E-state index in [1.54, 1.807) is 0 Å². The van der Waals surface area contributed by atoms with Gasteiger partial charge in [0.2, 0.25) is 23.6 Å². The van der Waals surface area contributed by atoms with Gasteiger partial charge >= 0.3 is 5.97 Å². The minimum absolute atomic E-state index is 0.0651. The van der Waals surface area contributed by atoms with Crippen molar-refractivity contribution in [3.05, 3.63) is 0 Å². The molecular weight excluding hydrogens is 717 g/mol. The van der Waals surface area contributed by atoms with Gasteiger partial charge in [-0.15, -0.1) is 0 Å². The van der Waals surface area contributed by atoms with E-state index in [4.69, 9.17) is 22.9 Å². The number of carboxylic acids is 1. The van der Waals surface area contributed by atoms with Crippen molar-refractivity contribution in [3.63, 3.8) is 0 Å². The average Bonchev–Trinajstić information content (AvgIpc) is 3.11. The molecule has 0 heterocycles. The number of nitrogens with one attached hydrogen (secondary N) is 4. The van der Waals surface area contributed by atoms with Gasteiger partial charge in [0.05, 0.1) is 0 Å². The normalized spacial score (nSPS) is 32.1. The van der Waals surface area contributed by atoms with Crippen LogP contribution in [-0.2, 0) is 24.0 Å². The number of hydrogen-bond donors (Lipinski definition) is 9. The van der Waals surface area contributed by atoms with E-state index in [9.17, 15) is 29.1 Å². The standard InChI is InChI=1S/C40H66N10O6/c41-37(42)46-9-3-6-29(32(51)49-31(34(53)54)7-4-10-47-38(43)44)48-33(52)30(50-36(56)40-20-26-14-27(21-40)16-28(15-26)22-40)5-1-2-8-45-35(55)39-17-23-11-24(18-39)13-25(12-23)19-39/h23-31H,1-22H2,(H,45,55)(H,48,52)(H,49,51)(H,50,56)(H,53,54)(H4,41,42,46)(H4,43,44,47)/t23?,24?,25?,26?,27?,28?,29-,30+,31-,39?,40?/m1/s1. The third-order valence-corrected chi connectivity index (χ3v) is 14.0. The van der Waals surface area contributed by atoms with Crippen LogP contribution in [0.25, 0.3) is 0 Å². The van der Waals surface area contributed by atoms with Crippen molar-refractivity contribution >= 4 is 41.5 Å². The maximum absolute atomic E-state index is 14.2. The third kappa shape index (κ3) is 10.2. The molecule has 8 aliphatic rings. The summed E-state index contributed by atoms with van der Waals surface area (Å²) in [6.45, 7) is 0.884. The summed E-state index contributed by atoms with van der Waals surface area (Å²) < 4.78 is 0. The van der Waals surface area contributed by atoms with E-state index in [0.29, 0.717) is 74.2 Å². The Kier molecular flexibility index (Phi) is 13.3. The highest BCUT2D eigenvalue weighted by Gasteiger charge is 2.56. The molecule has 56 heavy (non-hydrogen) atoms. The summed E-state index contributed by atoms with van der Waals surface area (Å²) in [5, 5.41) is 21.7. The number of nitrogens with zero attached hydrogens (tertiary/aromatic N) is 2. The zero-order valence-corrected chi connectivity index (χ0v) is 32.9. The van der Waals surface area contributed by atoms with Gasteiger partial charge in [0.1, 0.15) is 18.1 Å². The van der Waals surface area contributed by atoms with Crippen LogP contribution < -0.4 is 44.2 Å². The van der Waals surface area contributed by atoms with E-state index < -0.39 is 41.3 Å². The molecule has 8 rings (SSSR count). The third-order valence-electron chi connectivity index (χ3n) is 14.0. The van der Waals surface area contributed by atoms with Gasteiger partial charge in [-0.25, -0.2) is 4.79 Å². The highest BCUT2D eigenvalue weighted by atomic mass is 16.4. The van der Waals surface area contributed by atoms with Gasteiger partial charge in [-0.1, -0.05) is 0 Å². The van der Waals surface area contributed by atoms with Gasteiger partial charge in [0, 0.05) is 30.5 Å². The first kappa shape index (κ1) is 41.5. The predicted octanol–water partition coefficient (Wildman–Crippen LogP) is 1.35. The number of aliphatic imine (C=N–C) groups is 2. The largest absolute Gasteiger partial charge is 0.480 e. The smallest absolute Gasteiger partial charge is 0.326 e. The number of carbonyl (C=O) groups is 5. The lowest BCUT2D eigenvalue weighted by atomic mass is 9.49. The summed E-state index contributed by atoms with van der Waals surface area (Å²) in [5.74, 6) is 1.08. The number of guanidine groups is 2. The van der Waals surface area contributed by atoms with Crippen LogP contribution in [0.4, 0.5) is 0 Å². The van der Waals surface area contributed by atoms with Crippen molar-refractivity contribution in [2.75, 3.05) is 19.6 Å². The molecule has 8 saturated carbocycles. The lowest BCUT2D eigenvalue weighted by Gasteiger charge is -2.55. The Morgan fingerprint density at radius 3 is 1.34 bits per heavy atom. The molecule has 16 heteroatoms. The molecule has 0 aliphatic heterocycles. The van der Waals surface area contributed by atoms with Gasteiger partial charge in [0.25, 0.3) is 0 Å². The number of rotatable bonds is 21. The Bertz CT molecular complexity index is 1450. The fraction of sp³-hybridized carbons (Fsp3) is 0.825. The van der Waals surface area contributed by atoms with Crippen molar-refractivity contribution < 1.29 is 29.1 Å². The van der Waals surface area contributed by atoms with E-state index in [-0.39, 0.29) is 55.1 Å². The molecule has 3 atom stereocenters. The van der Waals surface area contributed by atoms with Crippen molar-refractivity contribution in [1.82, 2.24) is 21.3 Å². The van der Waals surface area contributed by atoms with Gasteiger partial charge in [0.15, 0.2) is 11.9 Å². The van der Waals surface area contributed by atoms with Gasteiger partial charge in [-0.3, -0.25) is 29.2 Å². The molecule has 0 spiro atoms. The monoisotopic (exact) mass is 783 g/mol. The van der Waals surface area contributed by atoms with Crippen LogP contribution in [0.15, 0.2) is 9.98 Å².